The molecule has 0 radical (unpaired) electrons. The van der Waals surface area contributed by atoms with Crippen LogP contribution in [-0.4, -0.2) is 154 Å². The number of esters is 1. The number of anilines is 3. The molecule has 11 atom stereocenters. The van der Waals surface area contributed by atoms with Crippen molar-refractivity contribution in [3.8, 4) is 28.7 Å². The van der Waals surface area contributed by atoms with Crippen LogP contribution in [0.5, 0.6) is 28.7 Å². The summed E-state index contributed by atoms with van der Waals surface area (Å²) in [5, 5.41) is 52.8. The molecular weight excluding hydrogens is 989 g/mol. The molecule has 2 unspecified atom stereocenters. The molecule has 2 aromatic heterocycles. The predicted octanol–water partition coefficient (Wildman–Crippen LogP) is 1.61. The van der Waals surface area contributed by atoms with Gasteiger partial charge in [-0.2, -0.15) is 9.97 Å². The van der Waals surface area contributed by atoms with Crippen LogP contribution in [0.1, 0.15) is 64.5 Å². The van der Waals surface area contributed by atoms with Crippen LogP contribution >= 0.6 is 0 Å². The Labute approximate surface area is 426 Å². The van der Waals surface area contributed by atoms with Crippen LogP contribution in [0.15, 0.2) is 54.7 Å². The normalized spacial score (nSPS) is 25.5. The summed E-state index contributed by atoms with van der Waals surface area (Å²) in [7, 11) is 4.68. The minimum Gasteiger partial charge on any atom is -0.502 e. The molecular formula is C49H54N8O18. The van der Waals surface area contributed by atoms with Gasteiger partial charge in [-0.1, -0.05) is 0 Å². The van der Waals surface area contributed by atoms with Gasteiger partial charge in [0.25, 0.3) is 5.91 Å². The number of aliphatic hydroxyl groups excluding tert-OH is 2. The predicted molar refractivity (Wildman–Crippen MR) is 257 cm³/mol. The minimum atomic E-state index is -1.44. The smallest absolute Gasteiger partial charge is 0.326 e. The highest BCUT2D eigenvalue weighted by atomic mass is 16.8. The van der Waals surface area contributed by atoms with Gasteiger partial charge in [0.05, 0.1) is 57.9 Å². The van der Waals surface area contributed by atoms with Crippen molar-refractivity contribution in [2.45, 2.75) is 81.4 Å². The number of fused-ring (bicyclic) bond motifs is 5. The fourth-order valence-electron chi connectivity index (χ4n) is 9.76. The Morgan fingerprint density at radius 2 is 1.60 bits per heavy atom. The van der Waals surface area contributed by atoms with Gasteiger partial charge in [0, 0.05) is 36.6 Å². The summed E-state index contributed by atoms with van der Waals surface area (Å²) < 4.78 is 51.5. The molecule has 26 nitrogen and oxygen atoms in total. The van der Waals surface area contributed by atoms with Crippen LogP contribution < -0.4 is 40.6 Å². The number of nitrogens with one attached hydrogen (secondary N) is 1. The molecule has 3 fully saturated rings. The number of nitrogen functional groups attached to an aromatic ring is 2. The number of aliphatic hydroxyl groups is 2. The molecule has 0 bridgehead atoms. The average Bonchev–Trinajstić information content (AvgIpc) is 4.04. The van der Waals surface area contributed by atoms with Crippen LogP contribution in [0.4, 0.5) is 17.5 Å². The molecule has 6 heterocycles. The van der Waals surface area contributed by atoms with E-state index in [0.717, 1.165) is 5.69 Å². The number of benzene rings is 3. The largest absolute Gasteiger partial charge is 0.502 e. The van der Waals surface area contributed by atoms with Gasteiger partial charge in [-0.15, -0.1) is 0 Å². The van der Waals surface area contributed by atoms with E-state index in [-0.39, 0.29) is 67.4 Å². The first kappa shape index (κ1) is 52.0. The Morgan fingerprint density at radius 3 is 2.27 bits per heavy atom. The monoisotopic (exact) mass is 1040 g/mol. The van der Waals surface area contributed by atoms with Crippen LogP contribution in [0, 0.1) is 11.8 Å². The van der Waals surface area contributed by atoms with Gasteiger partial charge >= 0.3 is 17.9 Å². The number of methoxy groups -OCH3 is 2. The Kier molecular flexibility index (Phi) is 14.9. The van der Waals surface area contributed by atoms with Gasteiger partial charge in [-0.25, -0.2) is 14.8 Å². The number of nitrogens with two attached hydrogens (primary N) is 2. The van der Waals surface area contributed by atoms with Crippen LogP contribution in [-0.2, 0) is 44.6 Å². The van der Waals surface area contributed by atoms with Gasteiger partial charge in [0.1, 0.15) is 30.5 Å². The summed E-state index contributed by atoms with van der Waals surface area (Å²) in [6.07, 6.45) is -5.83. The fourth-order valence-corrected chi connectivity index (χ4v) is 9.76. The van der Waals surface area contributed by atoms with E-state index < -0.39 is 90.7 Å². The van der Waals surface area contributed by atoms with Crippen molar-refractivity contribution in [2.75, 3.05) is 57.6 Å². The lowest BCUT2D eigenvalue weighted by Gasteiger charge is -2.47. The second-order valence-corrected chi connectivity index (χ2v) is 18.2. The quantitative estimate of drug-likeness (QED) is 0.0732. The molecule has 5 aliphatic rings. The number of hydrogen-bond acceptors (Lipinski definition) is 23. The first-order valence-electron chi connectivity index (χ1n) is 23.5. The lowest BCUT2D eigenvalue weighted by atomic mass is 9.66. The number of phenolic OH excluding ortho intramolecular Hbond substituents is 1. The molecule has 0 saturated carbocycles. The number of cyclic esters (lactones) is 1. The highest BCUT2D eigenvalue weighted by molar-refractivity contribution is 5.97. The molecule has 4 aliphatic heterocycles. The Balaban J connectivity index is 0.000000190. The zero-order chi connectivity index (χ0) is 53.4. The Morgan fingerprint density at radius 1 is 0.907 bits per heavy atom. The van der Waals surface area contributed by atoms with Gasteiger partial charge in [-0.05, 0) is 78.6 Å². The topological polar surface area (TPSA) is 371 Å². The summed E-state index contributed by atoms with van der Waals surface area (Å²) in [6.45, 7) is 2.30. The first-order valence-corrected chi connectivity index (χ1v) is 23.5. The highest BCUT2D eigenvalue weighted by Crippen LogP contribution is 2.57. The minimum absolute atomic E-state index is 0.0138. The fraction of sp³-hybridized carbons (Fsp3) is 0.429. The molecule has 75 heavy (non-hydrogen) atoms. The van der Waals surface area contributed by atoms with Crippen molar-refractivity contribution in [1.29, 1.82) is 0 Å². The van der Waals surface area contributed by atoms with Crippen LogP contribution in [0.3, 0.4) is 0 Å². The summed E-state index contributed by atoms with van der Waals surface area (Å²) in [5.74, 6) is -3.93. The number of aromatic hydroxyl groups is 1. The average molecular weight is 1040 g/mol. The number of nitrogens with zero attached hydrogens (tertiary/aromatic N) is 5. The van der Waals surface area contributed by atoms with E-state index in [9.17, 15) is 39.6 Å². The highest BCUT2D eigenvalue weighted by Gasteiger charge is 2.56. The number of aromatic nitrogens is 4. The van der Waals surface area contributed by atoms with Crippen molar-refractivity contribution in [1.82, 2.24) is 25.3 Å². The summed E-state index contributed by atoms with van der Waals surface area (Å²) in [4.78, 5) is 66.1. The molecule has 5 aromatic rings. The SMILES string of the molecule is CN(Cc1cnc2nc(N)nc(N)c2n1)c1ccc(C(=O)N[C@@H](CCC(=O)O)C(=O)O)cc1.COc1cc([C@@H]2c3cc4c(cc3C(O[C@@H]3O[C@@H]5CO[C@@H](C)O[C@H]5[C@H](O)[C@H]3O)C3COC(=O)[C@@H]32)OCO4)cc(OC)c1O. The maximum Gasteiger partial charge on any atom is 0.326 e. The van der Waals surface area contributed by atoms with Gasteiger partial charge in [0.15, 0.2) is 52.6 Å². The molecule has 26 heteroatoms. The number of amides is 1. The maximum atomic E-state index is 13.4. The number of carbonyl (C=O) groups is 4. The standard InChI is InChI=1S/C29H32O13.C20H22N8O5/c1-11-36-9-20-27(40-11)24(31)25(32)29(41-20)42-26-14-7-17-16(38-10-39-17)6-13(14)21(22-15(26)8-37-28(22)33)12-4-18(34-2)23(30)19(5-12)35-3;1-28(9-11-8-23-17-15(24-11)16(21)26-20(22)27-17)12-4-2-10(3-5-12)18(31)25-13(19(32)33)6-7-14(29)30/h4-7,11,15,20-22,24-27,29-32H,8-10H2,1-3H3;2-5,8,13H,6-7,9H2,1H3,(H,25,31)(H,29,30)(H,32,33)(H4,21,22,23,26,27)/t11-,15?,20-,21-,22+,24-,25-,26?,27-,29+;13-/m10/s1. The number of phenols is 1. The molecule has 1 aliphatic carbocycles. The van der Waals surface area contributed by atoms with E-state index in [0.29, 0.717) is 51.6 Å². The number of hydrogen-bond donors (Lipinski definition) is 8. The molecule has 0 spiro atoms. The van der Waals surface area contributed by atoms with E-state index in [1.54, 1.807) is 49.5 Å². The lowest BCUT2D eigenvalue weighted by Crippen LogP contribution is -2.63. The van der Waals surface area contributed by atoms with Gasteiger partial charge < -0.3 is 89.8 Å². The van der Waals surface area contributed by atoms with Gasteiger partial charge in [-0.3, -0.25) is 14.4 Å². The number of carboxylic acids is 2. The Hall–Kier alpha value is -7.88. The molecule has 3 saturated heterocycles. The maximum absolute atomic E-state index is 13.4. The van der Waals surface area contributed by atoms with Crippen molar-refractivity contribution in [2.24, 2.45) is 11.8 Å². The Bertz CT molecular complexity index is 2960. The van der Waals surface area contributed by atoms with E-state index >= 15 is 0 Å². The molecule has 3 aromatic carbocycles. The lowest BCUT2D eigenvalue weighted by molar-refractivity contribution is -0.364. The number of rotatable bonds is 14. The van der Waals surface area contributed by atoms with E-state index in [4.69, 9.17) is 59.2 Å². The van der Waals surface area contributed by atoms with Gasteiger partial charge in [0.2, 0.25) is 18.5 Å². The first-order chi connectivity index (χ1) is 35.9. The van der Waals surface area contributed by atoms with Crippen molar-refractivity contribution in [3.05, 3.63) is 82.7 Å². The third-order valence-electron chi connectivity index (χ3n) is 13.5. The van der Waals surface area contributed by atoms with E-state index in [2.05, 4.69) is 25.3 Å². The molecule has 10 N–H and O–H groups in total. The van der Waals surface area contributed by atoms with Crippen LogP contribution in [0.2, 0.25) is 0 Å². The number of ether oxygens (including phenoxy) is 9. The van der Waals surface area contributed by atoms with Crippen molar-refractivity contribution in [3.63, 3.8) is 0 Å². The number of carbonyl (C=O) groups excluding carboxylic acids is 2. The zero-order valence-corrected chi connectivity index (χ0v) is 40.7. The van der Waals surface area contributed by atoms with Crippen molar-refractivity contribution < 1.29 is 87.3 Å². The van der Waals surface area contributed by atoms with E-state index in [1.807, 2.05) is 11.9 Å². The van der Waals surface area contributed by atoms with Crippen molar-refractivity contribution >= 4 is 52.4 Å². The second kappa shape index (κ2) is 21.5. The third kappa shape index (κ3) is 10.6. The molecule has 1 amide bonds. The summed E-state index contributed by atoms with van der Waals surface area (Å²) >= 11 is 0. The van der Waals surface area contributed by atoms with E-state index in [1.165, 1.54) is 26.4 Å². The summed E-state index contributed by atoms with van der Waals surface area (Å²) in [6, 6.07) is 12.1. The summed E-state index contributed by atoms with van der Waals surface area (Å²) in [5.41, 5.74) is 15.7. The zero-order valence-electron chi connectivity index (χ0n) is 40.7. The second-order valence-electron chi connectivity index (χ2n) is 18.2. The molecule has 10 rings (SSSR count). The van der Waals surface area contributed by atoms with Crippen LogP contribution in [0.25, 0.3) is 11.2 Å². The number of carboxylic acid groups (broad SMARTS) is 2. The number of aliphatic carboxylic acids is 2. The molecule has 398 valence electrons. The third-order valence-corrected chi connectivity index (χ3v) is 13.5.